The van der Waals surface area contributed by atoms with Gasteiger partial charge in [0.1, 0.15) is 4.90 Å². The Hall–Kier alpha value is -1.60. The van der Waals surface area contributed by atoms with Gasteiger partial charge in [-0.1, -0.05) is 0 Å². The van der Waals surface area contributed by atoms with Crippen molar-refractivity contribution in [2.45, 2.75) is 31.2 Å². The number of sulfonamides is 1. The van der Waals surface area contributed by atoms with Crippen LogP contribution in [0.1, 0.15) is 31.1 Å². The second-order valence-electron chi connectivity index (χ2n) is 4.94. The molecule has 0 aromatic heterocycles. The molecule has 0 heterocycles. The van der Waals surface area contributed by atoms with Crippen LogP contribution < -0.4 is 10.5 Å². The second kappa shape index (κ2) is 4.58. The van der Waals surface area contributed by atoms with Gasteiger partial charge in [-0.2, -0.15) is 0 Å². The lowest BCUT2D eigenvalue weighted by atomic mass is 10.1. The molecular formula is C11H16N2O4S. The summed E-state index contributed by atoms with van der Waals surface area (Å²) in [6.45, 7) is 5.56. The highest BCUT2D eigenvalue weighted by molar-refractivity contribution is 7.89. The van der Waals surface area contributed by atoms with Gasteiger partial charge in [0.2, 0.25) is 10.0 Å². The van der Waals surface area contributed by atoms with Crippen molar-refractivity contribution in [2.75, 3.05) is 5.32 Å². The van der Waals surface area contributed by atoms with E-state index in [0.717, 1.165) is 6.07 Å². The van der Waals surface area contributed by atoms with Gasteiger partial charge in [-0.15, -0.1) is 0 Å². The number of nitrogens with two attached hydrogens (primary N) is 1. The highest BCUT2D eigenvalue weighted by atomic mass is 32.2. The molecule has 0 aliphatic carbocycles. The molecule has 0 saturated carbocycles. The number of carboxylic acid groups (broad SMARTS) is 1. The lowest BCUT2D eigenvalue weighted by Crippen LogP contribution is -2.28. The average molecular weight is 272 g/mol. The minimum absolute atomic E-state index is 0.126. The fourth-order valence-corrected chi connectivity index (χ4v) is 2.11. The number of anilines is 1. The second-order valence-corrected chi connectivity index (χ2v) is 6.47. The molecule has 0 atom stereocenters. The maximum Gasteiger partial charge on any atom is 0.335 e. The Balaban J connectivity index is 3.40. The molecule has 4 N–H and O–H groups in total. The third-order valence-corrected chi connectivity index (χ3v) is 3.00. The molecule has 0 radical (unpaired) electrons. The van der Waals surface area contributed by atoms with Crippen LogP contribution in [0.4, 0.5) is 5.69 Å². The highest BCUT2D eigenvalue weighted by Gasteiger charge is 2.20. The first-order chi connectivity index (χ1) is 8.00. The number of primary sulfonamides is 1. The van der Waals surface area contributed by atoms with Crippen molar-refractivity contribution in [1.82, 2.24) is 0 Å². The van der Waals surface area contributed by atoms with Gasteiger partial charge in [0.05, 0.1) is 11.3 Å². The first-order valence-electron chi connectivity index (χ1n) is 5.19. The minimum atomic E-state index is -3.99. The summed E-state index contributed by atoms with van der Waals surface area (Å²) in [4.78, 5) is 10.6. The predicted molar refractivity (Wildman–Crippen MR) is 68.2 cm³/mol. The first kappa shape index (κ1) is 14.5. The van der Waals surface area contributed by atoms with Crippen LogP contribution in [0.3, 0.4) is 0 Å². The van der Waals surface area contributed by atoms with Crippen LogP contribution in [-0.2, 0) is 10.0 Å². The van der Waals surface area contributed by atoms with Crippen LogP contribution in [0.25, 0.3) is 0 Å². The van der Waals surface area contributed by atoms with Gasteiger partial charge in [0.25, 0.3) is 0 Å². The summed E-state index contributed by atoms with van der Waals surface area (Å²) in [5.74, 6) is -1.21. The van der Waals surface area contributed by atoms with Crippen LogP contribution in [-0.4, -0.2) is 25.0 Å². The van der Waals surface area contributed by atoms with E-state index in [4.69, 9.17) is 10.2 Å². The third-order valence-electron chi connectivity index (χ3n) is 2.04. The monoisotopic (exact) mass is 272 g/mol. The summed E-state index contributed by atoms with van der Waals surface area (Å²) in [7, 11) is -3.99. The molecular weight excluding hydrogens is 256 g/mol. The van der Waals surface area contributed by atoms with E-state index in [1.165, 1.54) is 12.1 Å². The summed E-state index contributed by atoms with van der Waals surface area (Å²) in [5, 5.41) is 16.9. The number of hydrogen-bond acceptors (Lipinski definition) is 4. The molecule has 0 aliphatic rings. The van der Waals surface area contributed by atoms with Crippen molar-refractivity contribution in [3.63, 3.8) is 0 Å². The number of nitrogens with one attached hydrogen (secondary N) is 1. The molecule has 100 valence electrons. The van der Waals surface area contributed by atoms with Gasteiger partial charge in [0, 0.05) is 5.54 Å². The maximum atomic E-state index is 11.5. The van der Waals surface area contributed by atoms with Crippen molar-refractivity contribution in [1.29, 1.82) is 0 Å². The molecule has 0 aliphatic heterocycles. The zero-order valence-corrected chi connectivity index (χ0v) is 11.2. The first-order valence-corrected chi connectivity index (χ1v) is 6.74. The Morgan fingerprint density at radius 2 is 1.89 bits per heavy atom. The van der Waals surface area contributed by atoms with Crippen molar-refractivity contribution in [3.8, 4) is 0 Å². The average Bonchev–Trinajstić information content (AvgIpc) is 2.13. The smallest absolute Gasteiger partial charge is 0.335 e. The third kappa shape index (κ3) is 3.71. The number of carbonyl (C=O) groups is 1. The van der Waals surface area contributed by atoms with Crippen LogP contribution in [0, 0.1) is 0 Å². The summed E-state index contributed by atoms with van der Waals surface area (Å²) < 4.78 is 22.9. The Labute approximate surface area is 106 Å². The quantitative estimate of drug-likeness (QED) is 0.767. The molecule has 1 rings (SSSR count). The molecule has 1 aromatic carbocycles. The summed E-state index contributed by atoms with van der Waals surface area (Å²) in [6, 6.07) is 3.77. The molecule has 0 unspecified atom stereocenters. The fraction of sp³-hybridized carbons (Fsp3) is 0.364. The molecule has 0 amide bonds. The van der Waals surface area contributed by atoms with Gasteiger partial charge < -0.3 is 10.4 Å². The van der Waals surface area contributed by atoms with Crippen molar-refractivity contribution in [2.24, 2.45) is 5.14 Å². The molecule has 0 spiro atoms. The van der Waals surface area contributed by atoms with Crippen LogP contribution in [0.2, 0.25) is 0 Å². The summed E-state index contributed by atoms with van der Waals surface area (Å²) in [6.07, 6.45) is 0. The van der Waals surface area contributed by atoms with Crippen LogP contribution in [0.5, 0.6) is 0 Å². The Morgan fingerprint density at radius 3 is 2.28 bits per heavy atom. The lowest BCUT2D eigenvalue weighted by molar-refractivity contribution is 0.0696. The SMILES string of the molecule is CC(C)(C)Nc1ccc(C(=O)O)cc1S(N)(=O)=O. The molecule has 0 bridgehead atoms. The largest absolute Gasteiger partial charge is 0.478 e. The number of rotatable bonds is 3. The number of hydrogen-bond donors (Lipinski definition) is 3. The topological polar surface area (TPSA) is 109 Å². The van der Waals surface area contributed by atoms with E-state index >= 15 is 0 Å². The van der Waals surface area contributed by atoms with E-state index in [2.05, 4.69) is 5.32 Å². The number of benzene rings is 1. The van der Waals surface area contributed by atoms with Gasteiger partial charge in [-0.3, -0.25) is 0 Å². The fourth-order valence-electron chi connectivity index (χ4n) is 1.40. The Bertz CT molecular complexity index is 573. The molecule has 0 saturated heterocycles. The zero-order valence-electron chi connectivity index (χ0n) is 10.4. The lowest BCUT2D eigenvalue weighted by Gasteiger charge is -2.23. The van der Waals surface area contributed by atoms with Crippen LogP contribution >= 0.6 is 0 Å². The van der Waals surface area contributed by atoms with Gasteiger partial charge >= 0.3 is 5.97 Å². The van der Waals surface area contributed by atoms with E-state index in [-0.39, 0.29) is 21.7 Å². The zero-order chi connectivity index (χ0) is 14.1. The molecule has 0 fully saturated rings. The Kier molecular flexibility index (Phi) is 3.68. The highest BCUT2D eigenvalue weighted by Crippen LogP contribution is 2.24. The Morgan fingerprint density at radius 1 is 1.33 bits per heavy atom. The standard InChI is InChI=1S/C11H16N2O4S/c1-11(2,3)13-8-5-4-7(10(14)15)6-9(8)18(12,16)17/h4-6,13H,1-3H3,(H,14,15)(H2,12,16,17). The minimum Gasteiger partial charge on any atom is -0.478 e. The molecule has 18 heavy (non-hydrogen) atoms. The van der Waals surface area contributed by atoms with Gasteiger partial charge in [0.15, 0.2) is 0 Å². The number of aromatic carboxylic acids is 1. The van der Waals surface area contributed by atoms with Gasteiger partial charge in [-0.25, -0.2) is 18.4 Å². The van der Waals surface area contributed by atoms with Crippen molar-refractivity contribution in [3.05, 3.63) is 23.8 Å². The molecule has 6 nitrogen and oxygen atoms in total. The van der Waals surface area contributed by atoms with E-state index in [0.29, 0.717) is 0 Å². The van der Waals surface area contributed by atoms with E-state index in [1.807, 2.05) is 20.8 Å². The molecule has 1 aromatic rings. The van der Waals surface area contributed by atoms with E-state index in [9.17, 15) is 13.2 Å². The molecule has 7 heteroatoms. The van der Waals surface area contributed by atoms with E-state index in [1.54, 1.807) is 0 Å². The predicted octanol–water partition coefficient (Wildman–Crippen LogP) is 1.24. The van der Waals surface area contributed by atoms with Crippen molar-refractivity contribution >= 4 is 21.7 Å². The van der Waals surface area contributed by atoms with E-state index < -0.39 is 16.0 Å². The number of carboxylic acids is 1. The van der Waals surface area contributed by atoms with Gasteiger partial charge in [-0.05, 0) is 39.0 Å². The van der Waals surface area contributed by atoms with Crippen molar-refractivity contribution < 1.29 is 18.3 Å². The summed E-state index contributed by atoms with van der Waals surface area (Å²) in [5.41, 5.74) is -0.210. The van der Waals surface area contributed by atoms with Crippen LogP contribution in [0.15, 0.2) is 23.1 Å². The normalized spacial score (nSPS) is 12.2. The summed E-state index contributed by atoms with van der Waals surface area (Å²) >= 11 is 0. The maximum absolute atomic E-state index is 11.5.